The third kappa shape index (κ3) is 3.71. The number of benzene rings is 4. The van der Waals surface area contributed by atoms with Gasteiger partial charge in [-0.2, -0.15) is 0 Å². The first-order valence-electron chi connectivity index (χ1n) is 10.7. The van der Waals surface area contributed by atoms with Crippen LogP contribution in [0.25, 0.3) is 0 Å². The van der Waals surface area contributed by atoms with Crippen molar-refractivity contribution in [2.24, 2.45) is 0 Å². The topological polar surface area (TPSA) is 9.23 Å². The van der Waals surface area contributed by atoms with Crippen LogP contribution in [0.3, 0.4) is 0 Å². The van der Waals surface area contributed by atoms with Crippen molar-refractivity contribution >= 4 is 23.5 Å². The Bertz CT molecular complexity index is 1150. The van der Waals surface area contributed by atoms with E-state index in [-0.39, 0.29) is 12.2 Å². The molecule has 2 atom stereocenters. The van der Waals surface area contributed by atoms with Gasteiger partial charge in [0.15, 0.2) is 0 Å². The highest BCUT2D eigenvalue weighted by Gasteiger charge is 2.29. The lowest BCUT2D eigenvalue weighted by atomic mass is 9.98. The molecule has 0 spiro atoms. The van der Waals surface area contributed by atoms with Gasteiger partial charge in [-0.15, -0.1) is 0 Å². The molecular weight excluding hydrogens is 416 g/mol. The van der Waals surface area contributed by atoms with E-state index in [4.69, 9.17) is 4.74 Å². The van der Waals surface area contributed by atoms with E-state index in [1.165, 1.54) is 41.8 Å². The summed E-state index contributed by atoms with van der Waals surface area (Å²) in [7, 11) is 0. The van der Waals surface area contributed by atoms with Gasteiger partial charge in [-0.1, -0.05) is 96.3 Å². The molecule has 0 aliphatic carbocycles. The van der Waals surface area contributed by atoms with Gasteiger partial charge < -0.3 is 4.74 Å². The van der Waals surface area contributed by atoms with Crippen LogP contribution < -0.4 is 0 Å². The summed E-state index contributed by atoms with van der Waals surface area (Å²) in [5.74, 6) is 0. The van der Waals surface area contributed by atoms with Crippen LogP contribution in [0.4, 0.5) is 0 Å². The number of rotatable bonds is 2. The highest BCUT2D eigenvalue weighted by atomic mass is 32.2. The van der Waals surface area contributed by atoms with Crippen LogP contribution >= 0.6 is 23.5 Å². The van der Waals surface area contributed by atoms with Crippen LogP contribution in [0.2, 0.25) is 0 Å². The highest BCUT2D eigenvalue weighted by molar-refractivity contribution is 7.99. The summed E-state index contributed by atoms with van der Waals surface area (Å²) in [6, 6.07) is 35.0. The van der Waals surface area contributed by atoms with E-state index in [2.05, 4.69) is 97.1 Å². The Morgan fingerprint density at radius 3 is 1.35 bits per heavy atom. The summed E-state index contributed by atoms with van der Waals surface area (Å²) in [5.41, 5.74) is 5.33. The monoisotopic (exact) mass is 438 g/mol. The lowest BCUT2D eigenvalue weighted by Gasteiger charge is -2.26. The molecule has 0 fully saturated rings. The zero-order chi connectivity index (χ0) is 20.6. The molecule has 0 unspecified atom stereocenters. The van der Waals surface area contributed by atoms with Crippen molar-refractivity contribution in [2.45, 2.75) is 44.6 Å². The van der Waals surface area contributed by atoms with E-state index in [9.17, 15) is 0 Å². The molecule has 2 aliphatic heterocycles. The molecule has 4 aromatic carbocycles. The van der Waals surface area contributed by atoms with Crippen molar-refractivity contribution in [2.75, 3.05) is 0 Å². The second-order valence-corrected chi connectivity index (χ2v) is 10.2. The van der Waals surface area contributed by atoms with Gasteiger partial charge in [-0.3, -0.25) is 0 Å². The lowest BCUT2D eigenvalue weighted by Crippen LogP contribution is -2.15. The van der Waals surface area contributed by atoms with Crippen molar-refractivity contribution in [3.8, 4) is 0 Å². The quantitative estimate of drug-likeness (QED) is 0.315. The molecule has 3 heteroatoms. The second kappa shape index (κ2) is 8.23. The zero-order valence-electron chi connectivity index (χ0n) is 17.0. The minimum atomic E-state index is 0.0284. The maximum atomic E-state index is 7.03. The van der Waals surface area contributed by atoms with E-state index >= 15 is 0 Å². The average molecular weight is 439 g/mol. The molecule has 2 heterocycles. The highest BCUT2D eigenvalue weighted by Crippen LogP contribution is 2.47. The Morgan fingerprint density at radius 2 is 0.871 bits per heavy atom. The van der Waals surface area contributed by atoms with Crippen molar-refractivity contribution in [1.29, 1.82) is 0 Å². The second-order valence-electron chi connectivity index (χ2n) is 8.02. The summed E-state index contributed by atoms with van der Waals surface area (Å²) < 4.78 is 7.03. The largest absolute Gasteiger partial charge is 0.365 e. The minimum absolute atomic E-state index is 0.0284. The van der Waals surface area contributed by atoms with Crippen molar-refractivity contribution < 1.29 is 4.74 Å². The third-order valence-corrected chi connectivity index (χ3v) is 8.48. The van der Waals surface area contributed by atoms with Crippen LogP contribution in [0.1, 0.15) is 34.5 Å². The number of hydrogen-bond acceptors (Lipinski definition) is 3. The van der Waals surface area contributed by atoms with E-state index in [0.717, 1.165) is 12.8 Å². The van der Waals surface area contributed by atoms with Crippen molar-refractivity contribution in [3.63, 3.8) is 0 Å². The summed E-state index contributed by atoms with van der Waals surface area (Å²) in [5, 5.41) is 0. The Kier molecular flexibility index (Phi) is 5.11. The number of fused-ring (bicyclic) bond motifs is 4. The third-order valence-electron chi connectivity index (χ3n) is 6.06. The van der Waals surface area contributed by atoms with Crippen LogP contribution in [-0.2, 0) is 17.6 Å². The molecule has 2 aliphatic rings. The van der Waals surface area contributed by atoms with Gasteiger partial charge in [0.2, 0.25) is 0 Å². The molecule has 31 heavy (non-hydrogen) atoms. The summed E-state index contributed by atoms with van der Waals surface area (Å²) in [4.78, 5) is 5.27. The Balaban J connectivity index is 1.43. The predicted molar refractivity (Wildman–Crippen MR) is 128 cm³/mol. The predicted octanol–water partition coefficient (Wildman–Crippen LogP) is 7.90. The SMILES string of the molecule is c1ccc2c(c1)C[C@H](O[C@H]1Cc3ccccc3Sc3ccccc31)c1ccccc1S2. The van der Waals surface area contributed by atoms with Gasteiger partial charge >= 0.3 is 0 Å². The summed E-state index contributed by atoms with van der Waals surface area (Å²) in [6.45, 7) is 0. The van der Waals surface area contributed by atoms with Crippen molar-refractivity contribution in [1.82, 2.24) is 0 Å². The molecule has 0 amide bonds. The van der Waals surface area contributed by atoms with Gasteiger partial charge in [0, 0.05) is 32.4 Å². The molecule has 0 aromatic heterocycles. The van der Waals surface area contributed by atoms with E-state index < -0.39 is 0 Å². The molecule has 152 valence electrons. The van der Waals surface area contributed by atoms with Crippen LogP contribution in [0.15, 0.2) is 117 Å². The molecule has 6 rings (SSSR count). The van der Waals surface area contributed by atoms with E-state index in [1.807, 2.05) is 23.5 Å². The molecule has 4 aromatic rings. The molecule has 0 saturated heterocycles. The van der Waals surface area contributed by atoms with E-state index in [1.54, 1.807) is 0 Å². The Labute approximate surface area is 191 Å². The fraction of sp³-hybridized carbons (Fsp3) is 0.143. The fourth-order valence-electron chi connectivity index (χ4n) is 4.52. The van der Waals surface area contributed by atoms with Gasteiger partial charge in [0.1, 0.15) is 0 Å². The number of hydrogen-bond donors (Lipinski definition) is 0. The maximum absolute atomic E-state index is 7.03. The first-order chi connectivity index (χ1) is 15.3. The van der Waals surface area contributed by atoms with Gasteiger partial charge in [-0.05, 0) is 46.5 Å². The van der Waals surface area contributed by atoms with Crippen LogP contribution in [-0.4, -0.2) is 0 Å². The first-order valence-corrected chi connectivity index (χ1v) is 12.3. The number of ether oxygens (including phenoxy) is 1. The van der Waals surface area contributed by atoms with Crippen LogP contribution in [0.5, 0.6) is 0 Å². The maximum Gasteiger partial charge on any atom is 0.0885 e. The molecule has 0 saturated carbocycles. The summed E-state index contributed by atoms with van der Waals surface area (Å²) in [6.07, 6.45) is 1.85. The molecule has 0 radical (unpaired) electrons. The fourth-order valence-corrected chi connectivity index (χ4v) is 6.78. The van der Waals surface area contributed by atoms with Crippen LogP contribution in [0, 0.1) is 0 Å². The normalized spacial score (nSPS) is 19.2. The molecule has 0 N–H and O–H groups in total. The Hall–Kier alpha value is -2.46. The van der Waals surface area contributed by atoms with Gasteiger partial charge in [-0.25, -0.2) is 0 Å². The average Bonchev–Trinajstić information content (AvgIpc) is 3.07. The molecular formula is C28H22OS2. The Morgan fingerprint density at radius 1 is 0.484 bits per heavy atom. The van der Waals surface area contributed by atoms with Gasteiger partial charge in [0.25, 0.3) is 0 Å². The zero-order valence-corrected chi connectivity index (χ0v) is 18.7. The minimum Gasteiger partial charge on any atom is -0.365 e. The summed E-state index contributed by atoms with van der Waals surface area (Å²) >= 11 is 3.73. The van der Waals surface area contributed by atoms with E-state index in [0.29, 0.717) is 0 Å². The smallest absolute Gasteiger partial charge is 0.0885 e. The van der Waals surface area contributed by atoms with Gasteiger partial charge in [0.05, 0.1) is 12.2 Å². The van der Waals surface area contributed by atoms with Crippen molar-refractivity contribution in [3.05, 3.63) is 119 Å². The standard InChI is InChI=1S/C28H22OS2/c1-5-13-25-19(9-1)17-23(21-11-3-7-15-27(21)30-25)29-24-18-20-10-2-6-14-26(20)31-28-16-8-4-12-22(24)28/h1-16,23-24H,17-18H2/t23-,24-/m0/s1. The molecule has 0 bridgehead atoms. The first kappa shape index (κ1) is 19.2. The molecule has 1 nitrogen and oxygen atoms in total. The lowest BCUT2D eigenvalue weighted by molar-refractivity contribution is -0.0175.